The van der Waals surface area contributed by atoms with Crippen LogP contribution in [0, 0.1) is 0 Å². The zero-order chi connectivity index (χ0) is 37.0. The first-order valence-electron chi connectivity index (χ1n) is 23.3. The highest BCUT2D eigenvalue weighted by Crippen LogP contribution is 2.15. The first kappa shape index (κ1) is 50.4. The van der Waals surface area contributed by atoms with Gasteiger partial charge in [-0.05, 0) is 97.7 Å². The second kappa shape index (κ2) is 45.5. The minimum Gasteiger partial charge on any atom is -0.379 e. The van der Waals surface area contributed by atoms with E-state index in [0.717, 1.165) is 26.2 Å². The van der Waals surface area contributed by atoms with Crippen molar-refractivity contribution in [2.45, 2.75) is 245 Å². The van der Waals surface area contributed by atoms with Gasteiger partial charge < -0.3 is 14.4 Å². The molecule has 1 atom stereocenters. The Bertz CT molecular complexity index is 674. The Morgan fingerprint density at radius 3 is 1.18 bits per heavy atom. The number of allylic oxidation sites excluding steroid dienone is 4. The van der Waals surface area contributed by atoms with Crippen molar-refractivity contribution in [3.05, 3.63) is 24.3 Å². The first-order chi connectivity index (χ1) is 25.2. The molecule has 0 heterocycles. The fraction of sp³-hybridized carbons (Fsp3) is 0.917. The molecule has 0 aromatic carbocycles. The molecule has 0 aliphatic rings. The van der Waals surface area contributed by atoms with Crippen LogP contribution in [0.1, 0.15) is 239 Å². The average molecular weight is 718 g/mol. The summed E-state index contributed by atoms with van der Waals surface area (Å²) in [5.74, 6) is 0. The number of hydrogen-bond donors (Lipinski definition) is 0. The molecule has 0 rings (SSSR count). The lowest BCUT2D eigenvalue weighted by molar-refractivity contribution is -0.0235. The molecule has 0 spiro atoms. The van der Waals surface area contributed by atoms with E-state index in [1.165, 1.54) is 225 Å². The van der Waals surface area contributed by atoms with E-state index in [0.29, 0.717) is 0 Å². The Labute approximate surface area is 322 Å². The lowest BCUT2D eigenvalue weighted by atomic mass is 10.1. The van der Waals surface area contributed by atoms with Crippen molar-refractivity contribution in [3.8, 4) is 0 Å². The van der Waals surface area contributed by atoms with Gasteiger partial charge in [0.05, 0.1) is 12.7 Å². The van der Waals surface area contributed by atoms with Crippen LogP contribution in [0.4, 0.5) is 0 Å². The second-order valence-corrected chi connectivity index (χ2v) is 16.2. The summed E-state index contributed by atoms with van der Waals surface area (Å²) in [7, 11) is 4.36. The lowest BCUT2D eigenvalue weighted by Crippen LogP contribution is -2.21. The van der Waals surface area contributed by atoms with Crippen LogP contribution in [0.2, 0.25) is 0 Å². The van der Waals surface area contributed by atoms with Gasteiger partial charge in [-0.1, -0.05) is 186 Å². The van der Waals surface area contributed by atoms with Gasteiger partial charge >= 0.3 is 0 Å². The highest BCUT2D eigenvalue weighted by molar-refractivity contribution is 4.82. The van der Waals surface area contributed by atoms with Crippen LogP contribution in [0.25, 0.3) is 0 Å². The third-order valence-corrected chi connectivity index (χ3v) is 10.5. The Balaban J connectivity index is 3.91. The Hall–Kier alpha value is -0.640. The molecule has 0 radical (unpaired) electrons. The van der Waals surface area contributed by atoms with Crippen molar-refractivity contribution in [3.63, 3.8) is 0 Å². The van der Waals surface area contributed by atoms with E-state index in [2.05, 4.69) is 57.1 Å². The van der Waals surface area contributed by atoms with Gasteiger partial charge in [0.1, 0.15) is 0 Å². The molecule has 3 heteroatoms. The van der Waals surface area contributed by atoms with Crippen LogP contribution >= 0.6 is 0 Å². The van der Waals surface area contributed by atoms with Gasteiger partial charge in [-0.2, -0.15) is 0 Å². The summed E-state index contributed by atoms with van der Waals surface area (Å²) in [6, 6.07) is 0. The predicted octanol–water partition coefficient (Wildman–Crippen LogP) is 15.8. The summed E-state index contributed by atoms with van der Waals surface area (Å²) in [5.41, 5.74) is 0. The first-order valence-corrected chi connectivity index (χ1v) is 23.3. The maximum atomic E-state index is 6.42. The van der Waals surface area contributed by atoms with Crippen LogP contribution in [-0.2, 0) is 9.47 Å². The van der Waals surface area contributed by atoms with E-state index in [1.807, 2.05) is 0 Å². The molecule has 0 saturated carbocycles. The Kier molecular flexibility index (Phi) is 44.9. The topological polar surface area (TPSA) is 21.7 Å². The molecule has 51 heavy (non-hydrogen) atoms. The molecule has 0 fully saturated rings. The van der Waals surface area contributed by atoms with E-state index in [1.54, 1.807) is 0 Å². The molecular formula is C48H95NO2. The number of ether oxygens (including phenoxy) is 2. The number of unbranched alkanes of at least 4 members (excludes halogenated alkanes) is 29. The number of nitrogens with zero attached hydrogens (tertiary/aromatic N) is 1. The van der Waals surface area contributed by atoms with Crippen LogP contribution in [0.5, 0.6) is 0 Å². The van der Waals surface area contributed by atoms with Crippen molar-refractivity contribution in [2.75, 3.05) is 40.5 Å². The maximum absolute atomic E-state index is 6.42. The van der Waals surface area contributed by atoms with Crippen molar-refractivity contribution in [1.29, 1.82) is 0 Å². The van der Waals surface area contributed by atoms with E-state index in [9.17, 15) is 0 Å². The molecule has 0 aromatic heterocycles. The van der Waals surface area contributed by atoms with Crippen molar-refractivity contribution in [1.82, 2.24) is 4.90 Å². The summed E-state index contributed by atoms with van der Waals surface area (Å²) in [6.45, 7) is 8.42. The number of hydrogen-bond acceptors (Lipinski definition) is 3. The fourth-order valence-corrected chi connectivity index (χ4v) is 6.99. The molecular weight excluding hydrogens is 623 g/mol. The molecule has 0 saturated heterocycles. The van der Waals surface area contributed by atoms with Gasteiger partial charge in [0.15, 0.2) is 0 Å². The zero-order valence-electron chi connectivity index (χ0n) is 35.7. The third-order valence-electron chi connectivity index (χ3n) is 10.5. The summed E-state index contributed by atoms with van der Waals surface area (Å²) in [6.07, 6.45) is 57.1. The summed E-state index contributed by atoms with van der Waals surface area (Å²) in [5, 5.41) is 0. The highest BCUT2D eigenvalue weighted by Gasteiger charge is 2.10. The molecule has 304 valence electrons. The predicted molar refractivity (Wildman–Crippen MR) is 230 cm³/mol. The molecule has 0 aromatic rings. The molecule has 0 aliphatic carbocycles. The quantitative estimate of drug-likeness (QED) is 0.0463. The van der Waals surface area contributed by atoms with E-state index in [4.69, 9.17) is 9.47 Å². The van der Waals surface area contributed by atoms with Gasteiger partial charge in [0.2, 0.25) is 0 Å². The van der Waals surface area contributed by atoms with E-state index in [-0.39, 0.29) is 6.10 Å². The lowest BCUT2D eigenvalue weighted by Gasteiger charge is -2.18. The molecule has 1 unspecified atom stereocenters. The summed E-state index contributed by atoms with van der Waals surface area (Å²) in [4.78, 5) is 2.30. The zero-order valence-corrected chi connectivity index (χ0v) is 35.7. The van der Waals surface area contributed by atoms with Gasteiger partial charge in [-0.3, -0.25) is 0 Å². The third kappa shape index (κ3) is 45.4. The molecule has 3 nitrogen and oxygen atoms in total. The summed E-state index contributed by atoms with van der Waals surface area (Å²) >= 11 is 0. The fourth-order valence-electron chi connectivity index (χ4n) is 6.99. The van der Waals surface area contributed by atoms with Gasteiger partial charge in [0, 0.05) is 13.2 Å². The van der Waals surface area contributed by atoms with Gasteiger partial charge in [-0.15, -0.1) is 0 Å². The molecule has 0 N–H and O–H groups in total. The van der Waals surface area contributed by atoms with Crippen molar-refractivity contribution in [2.24, 2.45) is 0 Å². The molecule has 0 bridgehead atoms. The molecule has 0 aliphatic heterocycles. The van der Waals surface area contributed by atoms with Crippen molar-refractivity contribution < 1.29 is 9.47 Å². The number of rotatable bonds is 44. The smallest absolute Gasteiger partial charge is 0.0808 e. The highest BCUT2D eigenvalue weighted by atomic mass is 16.5. The van der Waals surface area contributed by atoms with Crippen LogP contribution in [0.15, 0.2) is 24.3 Å². The normalized spacial score (nSPS) is 12.7. The largest absolute Gasteiger partial charge is 0.379 e. The van der Waals surface area contributed by atoms with Crippen LogP contribution < -0.4 is 0 Å². The maximum Gasteiger partial charge on any atom is 0.0808 e. The molecule has 0 amide bonds. The minimum absolute atomic E-state index is 0.288. The summed E-state index contributed by atoms with van der Waals surface area (Å²) < 4.78 is 12.6. The monoisotopic (exact) mass is 718 g/mol. The Morgan fingerprint density at radius 1 is 0.392 bits per heavy atom. The van der Waals surface area contributed by atoms with Gasteiger partial charge in [-0.25, -0.2) is 0 Å². The Morgan fingerprint density at radius 2 is 0.745 bits per heavy atom. The van der Waals surface area contributed by atoms with Gasteiger partial charge in [0.25, 0.3) is 0 Å². The average Bonchev–Trinajstić information content (AvgIpc) is 3.12. The van der Waals surface area contributed by atoms with E-state index < -0.39 is 0 Å². The van der Waals surface area contributed by atoms with Crippen LogP contribution in [-0.4, -0.2) is 51.5 Å². The minimum atomic E-state index is 0.288. The van der Waals surface area contributed by atoms with Crippen molar-refractivity contribution >= 4 is 0 Å². The van der Waals surface area contributed by atoms with Crippen LogP contribution in [0.3, 0.4) is 0 Å². The van der Waals surface area contributed by atoms with E-state index >= 15 is 0 Å². The second-order valence-electron chi connectivity index (χ2n) is 16.2. The SMILES string of the molecule is CCCCCCCC/C=C\CCCCCCCCOCC(CCCCCCCCN(C)C)OCCCCCCCC/C=C\CCCCCCCC. The standard InChI is InChI=1S/C48H95NO2/c1-5-7-9-11-13-15-17-19-21-23-25-27-29-33-37-41-45-50-47-48(43-39-35-31-32-36-40-44-49(3)4)51-46-42-38-34-30-28-26-24-22-20-18-16-14-12-10-8-6-2/h19-22,48H,5-18,23-47H2,1-4H3/b21-19-,22-20-.